The molecule has 0 rings (SSSR count). The number of phosphoric ester groups is 1. The molecular weight excluding hydrogens is 1080 g/mol. The molecule has 8 nitrogen and oxygen atoms in total. The number of nitrogens with zero attached hydrogens (tertiary/aromatic N) is 1. The predicted octanol–water partition coefficient (Wildman–Crippen LogP) is 25.2. The summed E-state index contributed by atoms with van der Waals surface area (Å²) in [4.78, 5) is 23.5. The summed E-state index contributed by atoms with van der Waals surface area (Å²) < 4.78 is 23.9. The molecule has 0 aromatic carbocycles. The lowest BCUT2D eigenvalue weighted by molar-refractivity contribution is -0.870. The van der Waals surface area contributed by atoms with Crippen LogP contribution < -0.4 is 5.32 Å². The van der Waals surface area contributed by atoms with Gasteiger partial charge in [0.15, 0.2) is 0 Å². The number of unbranched alkanes of at least 4 members (excludes halogenated alkanes) is 61. The van der Waals surface area contributed by atoms with E-state index in [1.807, 2.05) is 27.2 Å². The Balaban J connectivity index is 3.87. The summed E-state index contributed by atoms with van der Waals surface area (Å²) in [5.74, 6) is -0.166. The lowest BCUT2D eigenvalue weighted by Gasteiger charge is -2.25. The molecule has 0 saturated carbocycles. The second-order valence-corrected chi connectivity index (χ2v) is 29.9. The summed E-state index contributed by atoms with van der Waals surface area (Å²) in [6.45, 7) is 4.89. The zero-order valence-electron chi connectivity index (χ0n) is 59.1. The van der Waals surface area contributed by atoms with E-state index in [0.717, 1.165) is 32.1 Å². The molecule has 0 bridgehead atoms. The number of hydrogen-bond acceptors (Lipinski definition) is 5. The van der Waals surface area contributed by atoms with Crippen molar-refractivity contribution in [2.45, 2.75) is 437 Å². The van der Waals surface area contributed by atoms with E-state index in [0.29, 0.717) is 17.4 Å². The van der Waals surface area contributed by atoms with E-state index in [4.69, 9.17) is 9.05 Å². The van der Waals surface area contributed by atoms with Gasteiger partial charge in [0.25, 0.3) is 0 Å². The van der Waals surface area contributed by atoms with Gasteiger partial charge in [0.2, 0.25) is 5.91 Å². The maximum atomic E-state index is 13.1. The Bertz CT molecular complexity index is 1410. The number of allylic oxidation sites excluding steroid dienone is 1. The Labute approximate surface area is 539 Å². The zero-order chi connectivity index (χ0) is 62.6. The third kappa shape index (κ3) is 70.7. The number of carbonyl (C=O) groups is 1. The van der Waals surface area contributed by atoms with Gasteiger partial charge in [0.1, 0.15) is 13.2 Å². The molecule has 1 amide bonds. The number of nitrogens with one attached hydrogen (secondary N) is 1. The summed E-state index contributed by atoms with van der Waals surface area (Å²) in [6.07, 6.45) is 89.8. The number of carbonyl (C=O) groups excluding carboxylic acids is 1. The maximum absolute atomic E-state index is 13.1. The molecule has 9 heteroatoms. The minimum atomic E-state index is -4.35. The van der Waals surface area contributed by atoms with Gasteiger partial charge in [-0.1, -0.05) is 411 Å². The number of amides is 1. The molecule has 3 unspecified atom stereocenters. The van der Waals surface area contributed by atoms with Crippen molar-refractivity contribution in [3.8, 4) is 0 Å². The maximum Gasteiger partial charge on any atom is 0.472 e. The number of phosphoric acid groups is 1. The van der Waals surface area contributed by atoms with Gasteiger partial charge in [0.05, 0.1) is 39.9 Å². The van der Waals surface area contributed by atoms with Crippen LogP contribution in [0.25, 0.3) is 0 Å². The van der Waals surface area contributed by atoms with Gasteiger partial charge in [-0.2, -0.15) is 0 Å². The lowest BCUT2D eigenvalue weighted by Crippen LogP contribution is -2.45. The van der Waals surface area contributed by atoms with Gasteiger partial charge < -0.3 is 19.8 Å². The fourth-order valence-electron chi connectivity index (χ4n) is 12.5. The van der Waals surface area contributed by atoms with Crippen LogP contribution in [0.15, 0.2) is 12.2 Å². The van der Waals surface area contributed by atoms with Crippen molar-refractivity contribution in [2.24, 2.45) is 0 Å². The third-order valence-electron chi connectivity index (χ3n) is 18.5. The molecule has 0 aromatic heterocycles. The van der Waals surface area contributed by atoms with Crippen molar-refractivity contribution in [3.05, 3.63) is 12.2 Å². The molecule has 0 aliphatic heterocycles. The fourth-order valence-corrected chi connectivity index (χ4v) is 13.2. The fraction of sp³-hybridized carbons (Fsp3) is 0.961. The van der Waals surface area contributed by atoms with Crippen LogP contribution in [0.5, 0.6) is 0 Å². The van der Waals surface area contributed by atoms with Gasteiger partial charge in [0, 0.05) is 6.42 Å². The second kappa shape index (κ2) is 68.6. The van der Waals surface area contributed by atoms with Crippen molar-refractivity contribution < 1.29 is 32.9 Å². The molecule has 0 spiro atoms. The van der Waals surface area contributed by atoms with Gasteiger partial charge in [-0.15, -0.1) is 0 Å². The summed E-state index contributed by atoms with van der Waals surface area (Å²) >= 11 is 0. The SMILES string of the molecule is CCCCCCCCCCCCCCCCCCCCCCC/C=C/C(O)C(COP(=O)(O)OCC[N+](C)(C)C)NC(=O)CCCCCCCCCCCCCCCCCCCCCCCCCCCCCCCCCCCCCCCCCCC. The van der Waals surface area contributed by atoms with Gasteiger partial charge in [-0.05, 0) is 19.3 Å². The third-order valence-corrected chi connectivity index (χ3v) is 19.5. The van der Waals surface area contributed by atoms with Crippen molar-refractivity contribution in [1.29, 1.82) is 0 Å². The largest absolute Gasteiger partial charge is 0.472 e. The van der Waals surface area contributed by atoms with E-state index in [1.54, 1.807) is 6.08 Å². The van der Waals surface area contributed by atoms with E-state index >= 15 is 0 Å². The number of hydrogen-bond donors (Lipinski definition) is 3. The number of rotatable bonds is 74. The Morgan fingerprint density at radius 3 is 0.860 bits per heavy atom. The van der Waals surface area contributed by atoms with Crippen molar-refractivity contribution >= 4 is 13.7 Å². The van der Waals surface area contributed by atoms with Crippen LogP contribution >= 0.6 is 7.82 Å². The highest BCUT2D eigenvalue weighted by Crippen LogP contribution is 2.43. The molecule has 0 aromatic rings. The minimum absolute atomic E-state index is 0.0655. The predicted molar refractivity (Wildman–Crippen MR) is 379 cm³/mol. The highest BCUT2D eigenvalue weighted by Gasteiger charge is 2.28. The monoisotopic (exact) mass is 1240 g/mol. The van der Waals surface area contributed by atoms with E-state index in [1.165, 1.54) is 372 Å². The topological polar surface area (TPSA) is 105 Å². The van der Waals surface area contributed by atoms with Crippen LogP contribution in [-0.2, 0) is 18.4 Å². The van der Waals surface area contributed by atoms with Crippen molar-refractivity contribution in [2.75, 3.05) is 40.9 Å². The first-order valence-corrected chi connectivity index (χ1v) is 40.6. The summed E-state index contributed by atoms with van der Waals surface area (Å²) in [5, 5.41) is 14.0. The molecule has 0 aliphatic carbocycles. The van der Waals surface area contributed by atoms with Gasteiger partial charge in [-0.25, -0.2) is 4.57 Å². The lowest BCUT2D eigenvalue weighted by atomic mass is 10.0. The first-order valence-electron chi connectivity index (χ1n) is 39.1. The first-order chi connectivity index (χ1) is 42.0. The highest BCUT2D eigenvalue weighted by atomic mass is 31.2. The second-order valence-electron chi connectivity index (χ2n) is 28.5. The quantitative estimate of drug-likeness (QED) is 0.0243. The van der Waals surface area contributed by atoms with Crippen LogP contribution in [0.2, 0.25) is 0 Å². The smallest absolute Gasteiger partial charge is 0.387 e. The molecule has 0 radical (unpaired) electrons. The molecule has 0 aliphatic rings. The van der Waals surface area contributed by atoms with Crippen LogP contribution in [-0.4, -0.2) is 73.4 Å². The van der Waals surface area contributed by atoms with E-state index < -0.39 is 20.0 Å². The summed E-state index contributed by atoms with van der Waals surface area (Å²) in [5.41, 5.74) is 0. The molecule has 0 fully saturated rings. The average molecular weight is 1240 g/mol. The molecule has 514 valence electrons. The Hall–Kier alpha value is -0.760. The number of aliphatic hydroxyl groups excluding tert-OH is 1. The summed E-state index contributed by atoms with van der Waals surface area (Å²) in [7, 11) is 1.60. The molecule has 0 heterocycles. The van der Waals surface area contributed by atoms with Gasteiger partial charge in [-0.3, -0.25) is 13.8 Å². The molecular formula is C77H156N2O6P+. The van der Waals surface area contributed by atoms with Crippen LogP contribution in [0.1, 0.15) is 425 Å². The van der Waals surface area contributed by atoms with Crippen LogP contribution in [0.4, 0.5) is 0 Å². The molecule has 0 saturated heterocycles. The standard InChI is InChI=1S/C77H155N2O6P/c1-6-8-10-12-14-16-18-20-22-24-26-28-30-31-32-33-34-35-36-37-38-39-40-41-42-43-44-45-46-47-49-51-53-55-57-59-61-63-65-67-69-71-77(81)78-75(74-85-86(82,83)84-73-72-79(3,4)5)76(80)70-68-66-64-62-60-58-56-54-52-50-48-29-27-25-23-21-19-17-15-13-11-9-7-2/h68,70,75-76,80H,6-67,69,71-74H2,1-5H3,(H-,78,81,82,83)/p+1/b70-68+. The van der Waals surface area contributed by atoms with Crippen LogP contribution in [0, 0.1) is 0 Å². The summed E-state index contributed by atoms with van der Waals surface area (Å²) in [6, 6.07) is -0.844. The zero-order valence-corrected chi connectivity index (χ0v) is 60.0. The Morgan fingerprint density at radius 2 is 0.616 bits per heavy atom. The first kappa shape index (κ1) is 85.2. The number of likely N-dealkylation sites (N-methyl/N-ethyl adjacent to an activating group) is 1. The Morgan fingerprint density at radius 1 is 0.384 bits per heavy atom. The van der Waals surface area contributed by atoms with Crippen molar-refractivity contribution in [3.63, 3.8) is 0 Å². The highest BCUT2D eigenvalue weighted by molar-refractivity contribution is 7.47. The van der Waals surface area contributed by atoms with Crippen LogP contribution in [0.3, 0.4) is 0 Å². The van der Waals surface area contributed by atoms with E-state index in [9.17, 15) is 19.4 Å². The van der Waals surface area contributed by atoms with Gasteiger partial charge >= 0.3 is 7.82 Å². The molecule has 3 N–H and O–H groups in total. The number of aliphatic hydroxyl groups is 1. The van der Waals surface area contributed by atoms with Crippen molar-refractivity contribution in [1.82, 2.24) is 5.32 Å². The Kier molecular flexibility index (Phi) is 68.0. The normalized spacial score (nSPS) is 13.5. The van der Waals surface area contributed by atoms with E-state index in [-0.39, 0.29) is 19.1 Å². The number of quaternary nitrogens is 1. The minimum Gasteiger partial charge on any atom is -0.387 e. The average Bonchev–Trinajstić information content (AvgIpc) is 3.70. The van der Waals surface area contributed by atoms with E-state index in [2.05, 4.69) is 19.2 Å². The molecule has 86 heavy (non-hydrogen) atoms. The molecule has 3 atom stereocenters.